The van der Waals surface area contributed by atoms with Crippen LogP contribution in [0, 0.1) is 12.3 Å². The van der Waals surface area contributed by atoms with Gasteiger partial charge < -0.3 is 19.4 Å². The van der Waals surface area contributed by atoms with E-state index in [-0.39, 0.29) is 11.0 Å². The van der Waals surface area contributed by atoms with Crippen LogP contribution in [0.2, 0.25) is 0 Å². The summed E-state index contributed by atoms with van der Waals surface area (Å²) in [5.74, 6) is 1.56. The summed E-state index contributed by atoms with van der Waals surface area (Å²) in [6.45, 7) is 6.18. The molecule has 2 aromatic carbocycles. The number of aromatic nitrogens is 1. The van der Waals surface area contributed by atoms with Gasteiger partial charge in [-0.25, -0.2) is 0 Å². The van der Waals surface area contributed by atoms with Crippen molar-refractivity contribution in [2.24, 2.45) is 5.41 Å². The van der Waals surface area contributed by atoms with Gasteiger partial charge in [-0.05, 0) is 73.4 Å². The van der Waals surface area contributed by atoms with Gasteiger partial charge in [-0.1, -0.05) is 25.5 Å². The van der Waals surface area contributed by atoms with E-state index in [9.17, 15) is 18.0 Å². The Kier molecular flexibility index (Phi) is 6.96. The lowest BCUT2D eigenvalue weighted by atomic mass is 9.82. The van der Waals surface area contributed by atoms with Gasteiger partial charge in [-0.3, -0.25) is 4.79 Å². The minimum Gasteiger partial charge on any atom is -0.486 e. The SMILES string of the molecule is Cc1cc(=O)n(CC2(C)CCCC(NCc3ccc4c(c3)OCCO4)CC2)c2cc(C(F)(F)F)ccc12. The van der Waals surface area contributed by atoms with Crippen LogP contribution < -0.4 is 20.3 Å². The number of rotatable bonds is 5. The maximum Gasteiger partial charge on any atom is 0.416 e. The number of pyridine rings is 1. The minimum atomic E-state index is -4.46. The van der Waals surface area contributed by atoms with Crippen LogP contribution in [0.3, 0.4) is 0 Å². The third-order valence-corrected chi connectivity index (χ3v) is 7.82. The van der Waals surface area contributed by atoms with Crippen molar-refractivity contribution in [1.82, 2.24) is 9.88 Å². The molecule has 2 heterocycles. The maximum atomic E-state index is 13.5. The molecular weight excluding hydrogens is 481 g/mol. The number of hydrogen-bond acceptors (Lipinski definition) is 4. The van der Waals surface area contributed by atoms with Gasteiger partial charge in [0.25, 0.3) is 5.56 Å². The van der Waals surface area contributed by atoms with Crippen LogP contribution in [0.5, 0.6) is 11.5 Å². The molecule has 37 heavy (non-hydrogen) atoms. The molecule has 1 aliphatic heterocycles. The molecule has 2 aliphatic rings. The van der Waals surface area contributed by atoms with E-state index < -0.39 is 11.7 Å². The number of ether oxygens (including phenoxy) is 2. The molecule has 5 rings (SSSR count). The minimum absolute atomic E-state index is 0.187. The Balaban J connectivity index is 1.30. The van der Waals surface area contributed by atoms with Crippen molar-refractivity contribution in [3.63, 3.8) is 0 Å². The first kappa shape index (κ1) is 25.6. The summed E-state index contributed by atoms with van der Waals surface area (Å²) in [6, 6.07) is 11.6. The Labute approximate surface area is 214 Å². The summed E-state index contributed by atoms with van der Waals surface area (Å²) < 4.78 is 53.2. The van der Waals surface area contributed by atoms with Gasteiger partial charge in [0.2, 0.25) is 0 Å². The fourth-order valence-electron chi connectivity index (χ4n) is 5.66. The highest BCUT2D eigenvalue weighted by Crippen LogP contribution is 2.38. The second-order valence-corrected chi connectivity index (χ2v) is 10.8. The molecule has 0 bridgehead atoms. The van der Waals surface area contributed by atoms with E-state index >= 15 is 0 Å². The monoisotopic (exact) mass is 514 g/mol. The number of halogens is 3. The van der Waals surface area contributed by atoms with Crippen LogP contribution in [0.25, 0.3) is 10.9 Å². The summed E-state index contributed by atoms with van der Waals surface area (Å²) in [5, 5.41) is 4.35. The summed E-state index contributed by atoms with van der Waals surface area (Å²) in [6.07, 6.45) is 0.278. The third kappa shape index (κ3) is 5.64. The summed E-state index contributed by atoms with van der Waals surface area (Å²) in [4.78, 5) is 13.0. The molecule has 1 aliphatic carbocycles. The molecule has 8 heteroatoms. The first-order chi connectivity index (χ1) is 17.6. The van der Waals surface area contributed by atoms with Crippen molar-refractivity contribution in [2.75, 3.05) is 13.2 Å². The number of hydrogen-bond donors (Lipinski definition) is 1. The van der Waals surface area contributed by atoms with Crippen molar-refractivity contribution >= 4 is 10.9 Å². The number of fused-ring (bicyclic) bond motifs is 2. The van der Waals surface area contributed by atoms with E-state index in [4.69, 9.17) is 9.47 Å². The first-order valence-corrected chi connectivity index (χ1v) is 12.9. The Hall–Kier alpha value is -3.00. The second-order valence-electron chi connectivity index (χ2n) is 10.8. The zero-order chi connectivity index (χ0) is 26.2. The summed E-state index contributed by atoms with van der Waals surface area (Å²) in [5.41, 5.74) is 1.02. The first-order valence-electron chi connectivity index (χ1n) is 12.9. The fourth-order valence-corrected chi connectivity index (χ4v) is 5.66. The largest absolute Gasteiger partial charge is 0.486 e. The van der Waals surface area contributed by atoms with Crippen molar-refractivity contribution in [3.8, 4) is 11.5 Å². The highest BCUT2D eigenvalue weighted by Gasteiger charge is 2.33. The number of alkyl halides is 3. The molecule has 2 atom stereocenters. The Morgan fingerprint density at radius 2 is 1.81 bits per heavy atom. The molecule has 0 spiro atoms. The van der Waals surface area contributed by atoms with Gasteiger partial charge in [0.1, 0.15) is 13.2 Å². The molecule has 5 nitrogen and oxygen atoms in total. The second kappa shape index (κ2) is 10.0. The molecule has 1 saturated carbocycles. The zero-order valence-electron chi connectivity index (χ0n) is 21.3. The Morgan fingerprint density at radius 1 is 1.03 bits per heavy atom. The summed E-state index contributed by atoms with van der Waals surface area (Å²) >= 11 is 0. The zero-order valence-corrected chi connectivity index (χ0v) is 21.3. The molecule has 1 N–H and O–H groups in total. The topological polar surface area (TPSA) is 52.5 Å². The standard InChI is InChI=1S/C29H33F3N2O3/c1-19-14-27(35)34(24-16-21(29(30,31)32)6-7-23(19)24)18-28(2)10-3-4-22(9-11-28)33-17-20-5-8-25-26(15-20)37-13-12-36-25/h5-8,14-16,22,33H,3-4,9-13,17-18H2,1-2H3. The molecule has 1 aromatic heterocycles. The smallest absolute Gasteiger partial charge is 0.416 e. The molecule has 0 amide bonds. The molecule has 198 valence electrons. The Bertz CT molecular complexity index is 1350. The quantitative estimate of drug-likeness (QED) is 0.410. The van der Waals surface area contributed by atoms with Crippen molar-refractivity contribution in [1.29, 1.82) is 0 Å². The normalized spacial score (nSPS) is 22.1. The van der Waals surface area contributed by atoms with E-state index in [1.54, 1.807) is 11.5 Å². The van der Waals surface area contributed by atoms with Gasteiger partial charge in [0, 0.05) is 30.6 Å². The van der Waals surface area contributed by atoms with Crippen molar-refractivity contribution in [3.05, 3.63) is 69.5 Å². The molecule has 3 aromatic rings. The van der Waals surface area contributed by atoms with Gasteiger partial charge in [-0.2, -0.15) is 13.2 Å². The average Bonchev–Trinajstić information content (AvgIpc) is 3.05. The van der Waals surface area contributed by atoms with Crippen molar-refractivity contribution in [2.45, 2.75) is 71.3 Å². The van der Waals surface area contributed by atoms with Crippen LogP contribution in [-0.4, -0.2) is 23.8 Å². The van der Waals surface area contributed by atoms with E-state index in [2.05, 4.69) is 12.2 Å². The number of benzene rings is 2. The van der Waals surface area contributed by atoms with Crippen LogP contribution in [-0.2, 0) is 19.3 Å². The van der Waals surface area contributed by atoms with E-state index in [1.807, 2.05) is 18.2 Å². The van der Waals surface area contributed by atoms with Gasteiger partial charge in [-0.15, -0.1) is 0 Å². The highest BCUT2D eigenvalue weighted by atomic mass is 19.4. The maximum absolute atomic E-state index is 13.5. The number of nitrogens with one attached hydrogen (secondary N) is 1. The van der Waals surface area contributed by atoms with E-state index in [1.165, 1.54) is 12.1 Å². The van der Waals surface area contributed by atoms with Crippen LogP contribution in [0.1, 0.15) is 55.7 Å². The van der Waals surface area contributed by atoms with Gasteiger partial charge in [0.15, 0.2) is 11.5 Å². The average molecular weight is 515 g/mol. The van der Waals surface area contributed by atoms with Gasteiger partial charge >= 0.3 is 6.18 Å². The van der Waals surface area contributed by atoms with Crippen LogP contribution in [0.15, 0.2) is 47.3 Å². The van der Waals surface area contributed by atoms with E-state index in [0.717, 1.165) is 67.8 Å². The predicted octanol–water partition coefficient (Wildman–Crippen LogP) is 6.23. The van der Waals surface area contributed by atoms with Crippen LogP contribution in [0.4, 0.5) is 13.2 Å². The van der Waals surface area contributed by atoms with Crippen molar-refractivity contribution < 1.29 is 22.6 Å². The highest BCUT2D eigenvalue weighted by molar-refractivity contribution is 5.83. The molecule has 0 saturated heterocycles. The lowest BCUT2D eigenvalue weighted by Gasteiger charge is -2.30. The molecular formula is C29H33F3N2O3. The third-order valence-electron chi connectivity index (χ3n) is 7.82. The molecule has 2 unspecified atom stereocenters. The molecule has 1 fully saturated rings. The molecule has 0 radical (unpaired) electrons. The number of aryl methyl sites for hydroxylation is 1. The predicted molar refractivity (Wildman–Crippen MR) is 137 cm³/mol. The van der Waals surface area contributed by atoms with Gasteiger partial charge in [0.05, 0.1) is 11.1 Å². The lowest BCUT2D eigenvalue weighted by molar-refractivity contribution is -0.137. The number of nitrogens with zero attached hydrogens (tertiary/aromatic N) is 1. The van der Waals surface area contributed by atoms with E-state index in [0.29, 0.717) is 42.3 Å². The fraction of sp³-hybridized carbons (Fsp3) is 0.483. The summed E-state index contributed by atoms with van der Waals surface area (Å²) in [7, 11) is 0. The lowest BCUT2D eigenvalue weighted by Crippen LogP contribution is -2.32. The Morgan fingerprint density at radius 3 is 2.59 bits per heavy atom. The van der Waals surface area contributed by atoms with Crippen LogP contribution >= 0.6 is 0 Å².